The molecule has 3 aromatic carbocycles. The minimum atomic E-state index is -3.84. The number of aromatic nitrogens is 1. The van der Waals surface area contributed by atoms with Gasteiger partial charge in [0.15, 0.2) is 12.4 Å². The Morgan fingerprint density at radius 2 is 1.67 bits per heavy atom. The lowest BCUT2D eigenvalue weighted by Crippen LogP contribution is -2.35. The van der Waals surface area contributed by atoms with Crippen LogP contribution in [0.3, 0.4) is 0 Å². The van der Waals surface area contributed by atoms with E-state index < -0.39 is 21.4 Å². The molecular formula is C29H29FN2O6S. The molecule has 4 aromatic rings. The first-order valence-electron chi connectivity index (χ1n) is 12.4. The molecule has 1 fully saturated rings. The van der Waals surface area contributed by atoms with Crippen molar-refractivity contribution in [2.45, 2.75) is 36.9 Å². The fourth-order valence-electron chi connectivity index (χ4n) is 4.69. The molecule has 1 aliphatic heterocycles. The Hall–Kier alpha value is -3.57. The van der Waals surface area contributed by atoms with Gasteiger partial charge in [0.25, 0.3) is 0 Å². The molecule has 204 valence electrons. The summed E-state index contributed by atoms with van der Waals surface area (Å²) >= 11 is 0. The van der Waals surface area contributed by atoms with Gasteiger partial charge in [0.2, 0.25) is 15.9 Å². The van der Waals surface area contributed by atoms with Gasteiger partial charge in [0.1, 0.15) is 17.3 Å². The van der Waals surface area contributed by atoms with Gasteiger partial charge in [-0.2, -0.15) is 0 Å². The zero-order valence-corrected chi connectivity index (χ0v) is 22.5. The van der Waals surface area contributed by atoms with E-state index in [-0.39, 0.29) is 17.4 Å². The van der Waals surface area contributed by atoms with Crippen LogP contribution in [-0.2, 0) is 31.7 Å². The Morgan fingerprint density at radius 1 is 1.00 bits per heavy atom. The Kier molecular flexibility index (Phi) is 7.55. The van der Waals surface area contributed by atoms with Gasteiger partial charge < -0.3 is 18.6 Å². The number of nitrogens with zero attached hydrogens (tertiary/aromatic N) is 1. The van der Waals surface area contributed by atoms with E-state index in [9.17, 15) is 12.8 Å². The molecule has 2 heterocycles. The molecular weight excluding hydrogens is 523 g/mol. The highest BCUT2D eigenvalue weighted by molar-refractivity contribution is 7.89. The summed E-state index contributed by atoms with van der Waals surface area (Å²) in [4.78, 5) is 4.66. The summed E-state index contributed by atoms with van der Waals surface area (Å²) in [5.41, 5.74) is 3.13. The fraction of sp³-hybridized carbons (Fsp3) is 0.276. The topological polar surface area (TPSA) is 114 Å². The molecule has 0 bridgehead atoms. The molecule has 0 unspecified atom stereocenters. The van der Waals surface area contributed by atoms with Crippen molar-refractivity contribution in [2.24, 2.45) is 5.14 Å². The van der Waals surface area contributed by atoms with Crippen molar-refractivity contribution in [3.63, 3.8) is 0 Å². The smallest absolute Gasteiger partial charge is 0.238 e. The van der Waals surface area contributed by atoms with E-state index in [1.54, 1.807) is 25.3 Å². The zero-order chi connectivity index (χ0) is 27.6. The van der Waals surface area contributed by atoms with Gasteiger partial charge >= 0.3 is 0 Å². The third-order valence-corrected chi connectivity index (χ3v) is 7.82. The van der Waals surface area contributed by atoms with Crippen LogP contribution in [0, 0.1) is 12.7 Å². The Labute approximate surface area is 226 Å². The second-order valence-electron chi connectivity index (χ2n) is 9.50. The zero-order valence-electron chi connectivity index (χ0n) is 21.6. The summed E-state index contributed by atoms with van der Waals surface area (Å²) in [6.07, 6.45) is 1.22. The number of benzene rings is 3. The Bertz CT molecular complexity index is 1560. The predicted octanol–water partition coefficient (Wildman–Crippen LogP) is 5.33. The van der Waals surface area contributed by atoms with Crippen molar-refractivity contribution in [1.82, 2.24) is 4.98 Å². The first kappa shape index (κ1) is 27.0. The average molecular weight is 553 g/mol. The number of oxazole rings is 1. The van der Waals surface area contributed by atoms with E-state index in [2.05, 4.69) is 4.98 Å². The molecule has 2 N–H and O–H groups in total. The molecule has 10 heteroatoms. The molecule has 1 aliphatic rings. The summed E-state index contributed by atoms with van der Waals surface area (Å²) in [6, 6.07) is 18.4. The second kappa shape index (κ2) is 10.9. The molecule has 1 saturated heterocycles. The maximum Gasteiger partial charge on any atom is 0.238 e. The van der Waals surface area contributed by atoms with Gasteiger partial charge in [-0.15, -0.1) is 0 Å². The van der Waals surface area contributed by atoms with Crippen molar-refractivity contribution in [3.8, 4) is 28.3 Å². The van der Waals surface area contributed by atoms with Crippen molar-refractivity contribution in [1.29, 1.82) is 0 Å². The van der Waals surface area contributed by atoms with Gasteiger partial charge in [-0.05, 0) is 48.9 Å². The number of aryl methyl sites for hydroxylation is 1. The lowest BCUT2D eigenvalue weighted by atomic mass is 9.86. The number of halogens is 1. The van der Waals surface area contributed by atoms with E-state index >= 15 is 0 Å². The summed E-state index contributed by atoms with van der Waals surface area (Å²) in [7, 11) is -2.22. The van der Waals surface area contributed by atoms with E-state index in [4.69, 9.17) is 23.8 Å². The minimum absolute atomic E-state index is 0.00789. The van der Waals surface area contributed by atoms with Gasteiger partial charge in [-0.3, -0.25) is 0 Å². The summed E-state index contributed by atoms with van der Waals surface area (Å²) in [5.74, 6) is 0.601. The van der Waals surface area contributed by atoms with Crippen LogP contribution in [0.15, 0.2) is 76.0 Å². The van der Waals surface area contributed by atoms with Gasteiger partial charge in [-0.25, -0.2) is 22.9 Å². The average Bonchev–Trinajstić information content (AvgIpc) is 3.36. The maximum absolute atomic E-state index is 14.6. The molecule has 0 radical (unpaired) electrons. The number of ether oxygens (including phenoxy) is 3. The Morgan fingerprint density at radius 3 is 2.31 bits per heavy atom. The molecule has 0 atom stereocenters. The summed E-state index contributed by atoms with van der Waals surface area (Å²) in [5, 5.41) is 5.24. The third-order valence-electron chi connectivity index (χ3n) is 6.89. The second-order valence-corrected chi connectivity index (χ2v) is 11.1. The molecule has 1 aromatic heterocycles. The molecule has 0 aliphatic carbocycles. The fourth-order valence-corrected chi connectivity index (χ4v) is 5.21. The molecule has 0 amide bonds. The first-order valence-corrected chi connectivity index (χ1v) is 14.0. The van der Waals surface area contributed by atoms with Gasteiger partial charge in [-0.1, -0.05) is 29.8 Å². The van der Waals surface area contributed by atoms with E-state index in [1.165, 1.54) is 24.3 Å². The number of hydrogen-bond donors (Lipinski definition) is 1. The number of primary sulfonamides is 1. The van der Waals surface area contributed by atoms with Gasteiger partial charge in [0, 0.05) is 50.4 Å². The van der Waals surface area contributed by atoms with Crippen molar-refractivity contribution in [3.05, 3.63) is 89.6 Å². The number of methoxy groups -OCH3 is 1. The van der Waals surface area contributed by atoms with Crippen LogP contribution in [0.4, 0.5) is 4.39 Å². The summed E-state index contributed by atoms with van der Waals surface area (Å²) < 4.78 is 61.3. The maximum atomic E-state index is 14.6. The lowest BCUT2D eigenvalue weighted by Gasteiger charge is -2.36. The summed E-state index contributed by atoms with van der Waals surface area (Å²) in [6.45, 7) is 2.99. The molecule has 0 spiro atoms. The van der Waals surface area contributed by atoms with Crippen LogP contribution in [0.1, 0.15) is 29.9 Å². The predicted molar refractivity (Wildman–Crippen MR) is 143 cm³/mol. The largest absolute Gasteiger partial charge is 0.484 e. The highest BCUT2D eigenvalue weighted by Gasteiger charge is 2.35. The highest BCUT2D eigenvalue weighted by Crippen LogP contribution is 2.38. The standard InChI is InChI=1S/C29H29FN2O6S/c1-19-3-5-20(6-4-19)27-28(21-7-9-25(10-8-21)39(31,33)34)38-26(32-27)18-37-24-16-22(15-23(30)17-24)29(35-2)11-13-36-14-12-29/h3-10,15-17H,11-14,18H2,1-2H3,(H2,31,33,34). The quantitative estimate of drug-likeness (QED) is 0.314. The minimum Gasteiger partial charge on any atom is -0.484 e. The third kappa shape index (κ3) is 5.89. The SMILES string of the molecule is COC1(c2cc(F)cc(OCc3nc(-c4ccc(C)cc4)c(-c4ccc(S(N)(=O)=O)cc4)o3)c2)CCOCC1. The van der Waals surface area contributed by atoms with E-state index in [0.29, 0.717) is 54.4 Å². The first-order chi connectivity index (χ1) is 18.7. The van der Waals surface area contributed by atoms with E-state index in [0.717, 1.165) is 11.1 Å². The molecule has 39 heavy (non-hydrogen) atoms. The van der Waals surface area contributed by atoms with Crippen LogP contribution in [0.2, 0.25) is 0 Å². The number of sulfonamides is 1. The van der Waals surface area contributed by atoms with Crippen LogP contribution >= 0.6 is 0 Å². The number of rotatable bonds is 8. The van der Waals surface area contributed by atoms with Crippen LogP contribution in [-0.4, -0.2) is 33.7 Å². The van der Waals surface area contributed by atoms with Crippen molar-refractivity contribution < 1.29 is 31.4 Å². The number of hydrogen-bond acceptors (Lipinski definition) is 7. The normalized spacial score (nSPS) is 15.3. The van der Waals surface area contributed by atoms with Crippen LogP contribution in [0.5, 0.6) is 5.75 Å². The van der Waals surface area contributed by atoms with Crippen molar-refractivity contribution >= 4 is 10.0 Å². The highest BCUT2D eigenvalue weighted by atomic mass is 32.2. The Balaban J connectivity index is 1.46. The molecule has 8 nitrogen and oxygen atoms in total. The van der Waals surface area contributed by atoms with Crippen molar-refractivity contribution in [2.75, 3.05) is 20.3 Å². The monoisotopic (exact) mass is 552 g/mol. The van der Waals surface area contributed by atoms with Crippen LogP contribution < -0.4 is 9.88 Å². The molecule has 0 saturated carbocycles. The van der Waals surface area contributed by atoms with Crippen LogP contribution in [0.25, 0.3) is 22.6 Å². The van der Waals surface area contributed by atoms with E-state index in [1.807, 2.05) is 31.2 Å². The number of nitrogens with two attached hydrogens (primary N) is 1. The lowest BCUT2D eigenvalue weighted by molar-refractivity contribution is -0.0950. The van der Waals surface area contributed by atoms with Gasteiger partial charge in [0.05, 0.1) is 10.5 Å². The molecule has 5 rings (SSSR count).